The van der Waals surface area contributed by atoms with Crippen molar-refractivity contribution in [3.05, 3.63) is 30.1 Å². The van der Waals surface area contributed by atoms with Gasteiger partial charge in [-0.15, -0.1) is 0 Å². The Hall–Kier alpha value is -1.96. The molecule has 1 amide bonds. The lowest BCUT2D eigenvalue weighted by Crippen LogP contribution is -2.49. The molecule has 0 radical (unpaired) electrons. The predicted molar refractivity (Wildman–Crippen MR) is 48.2 cm³/mol. The average molecular weight is 232 g/mol. The van der Waals surface area contributed by atoms with E-state index in [9.17, 15) is 18.0 Å². The van der Waals surface area contributed by atoms with Crippen molar-refractivity contribution in [2.24, 2.45) is 5.84 Å². The van der Waals surface area contributed by atoms with Crippen LogP contribution in [0.25, 0.3) is 0 Å². The van der Waals surface area contributed by atoms with Crippen molar-refractivity contribution in [1.29, 1.82) is 5.41 Å². The van der Waals surface area contributed by atoms with E-state index < -0.39 is 17.9 Å². The molecule has 1 aromatic rings. The molecule has 0 saturated heterocycles. The van der Waals surface area contributed by atoms with E-state index in [2.05, 4.69) is 4.98 Å². The number of alkyl halides is 3. The average Bonchev–Trinajstić information content (AvgIpc) is 2.26. The zero-order valence-electron chi connectivity index (χ0n) is 7.82. The van der Waals surface area contributed by atoms with Gasteiger partial charge in [-0.3, -0.25) is 15.2 Å². The maximum absolute atomic E-state index is 12.0. The topological polar surface area (TPSA) is 83.1 Å². The number of pyridine rings is 1. The summed E-state index contributed by atoms with van der Waals surface area (Å²) in [4.78, 5) is 14.3. The fourth-order valence-electron chi connectivity index (χ4n) is 0.880. The predicted octanol–water partition coefficient (Wildman–Crippen LogP) is 0.672. The number of rotatable bonds is 1. The second-order valence-electron chi connectivity index (χ2n) is 2.76. The summed E-state index contributed by atoms with van der Waals surface area (Å²) in [5.41, 5.74) is 0.0163. The van der Waals surface area contributed by atoms with E-state index in [0.29, 0.717) is 0 Å². The highest BCUT2D eigenvalue weighted by Crippen LogP contribution is 2.17. The molecule has 1 rings (SSSR count). The van der Waals surface area contributed by atoms with Gasteiger partial charge >= 0.3 is 12.1 Å². The summed E-state index contributed by atoms with van der Waals surface area (Å²) in [6, 6.07) is 2.73. The summed E-state index contributed by atoms with van der Waals surface area (Å²) in [5, 5.41) is 7.02. The number of nitrogens with two attached hydrogens (primary N) is 1. The van der Waals surface area contributed by atoms with Gasteiger partial charge in [0.2, 0.25) is 0 Å². The minimum atomic E-state index is -5.11. The van der Waals surface area contributed by atoms with Gasteiger partial charge in [0.1, 0.15) is 0 Å². The van der Waals surface area contributed by atoms with Gasteiger partial charge in [-0.1, -0.05) is 0 Å². The van der Waals surface area contributed by atoms with Gasteiger partial charge in [0, 0.05) is 18.0 Å². The number of carbonyl (C=O) groups is 1. The molecule has 0 atom stereocenters. The first kappa shape index (κ1) is 12.1. The largest absolute Gasteiger partial charge is 0.473 e. The molecule has 1 heterocycles. The maximum atomic E-state index is 12.0. The van der Waals surface area contributed by atoms with Crippen LogP contribution in [0.1, 0.15) is 5.56 Å². The first-order valence-corrected chi connectivity index (χ1v) is 3.99. The summed E-state index contributed by atoms with van der Waals surface area (Å²) < 4.78 is 36.0. The lowest BCUT2D eigenvalue weighted by Gasteiger charge is -2.18. The van der Waals surface area contributed by atoms with Crippen molar-refractivity contribution >= 4 is 11.7 Å². The van der Waals surface area contributed by atoms with Crippen LogP contribution in [0.3, 0.4) is 0 Å². The summed E-state index contributed by atoms with van der Waals surface area (Å²) >= 11 is 0. The zero-order chi connectivity index (χ0) is 12.3. The van der Waals surface area contributed by atoms with Gasteiger partial charge in [0.25, 0.3) is 0 Å². The van der Waals surface area contributed by atoms with Crippen molar-refractivity contribution < 1.29 is 18.0 Å². The number of nitrogens with zero attached hydrogens (tertiary/aromatic N) is 2. The highest BCUT2D eigenvalue weighted by molar-refractivity contribution is 6.06. The van der Waals surface area contributed by atoms with Crippen molar-refractivity contribution in [2.45, 2.75) is 6.18 Å². The number of halogens is 3. The van der Waals surface area contributed by atoms with Gasteiger partial charge in [-0.2, -0.15) is 13.2 Å². The fourth-order valence-corrected chi connectivity index (χ4v) is 0.880. The lowest BCUT2D eigenvalue weighted by molar-refractivity contribution is -0.181. The molecular formula is C8H7F3N4O. The highest BCUT2D eigenvalue weighted by Gasteiger charge is 2.43. The summed E-state index contributed by atoms with van der Waals surface area (Å²) in [6.45, 7) is 0. The second kappa shape index (κ2) is 4.27. The van der Waals surface area contributed by atoms with Crippen LogP contribution in [0.5, 0.6) is 0 Å². The molecule has 0 saturated carbocycles. The van der Waals surface area contributed by atoms with Gasteiger partial charge in [-0.05, 0) is 12.1 Å². The second-order valence-corrected chi connectivity index (χ2v) is 2.76. The van der Waals surface area contributed by atoms with Crippen molar-refractivity contribution in [3.63, 3.8) is 0 Å². The van der Waals surface area contributed by atoms with Crippen LogP contribution < -0.4 is 5.84 Å². The SMILES string of the molecule is N=C(c1cccnc1)N(N)C(=O)C(F)(F)F. The summed E-state index contributed by atoms with van der Waals surface area (Å²) in [6.07, 6.45) is -2.60. The Morgan fingerprint density at radius 3 is 2.56 bits per heavy atom. The molecule has 0 spiro atoms. The highest BCUT2D eigenvalue weighted by atomic mass is 19.4. The molecule has 0 aromatic carbocycles. The zero-order valence-corrected chi connectivity index (χ0v) is 7.82. The maximum Gasteiger partial charge on any atom is 0.473 e. The van der Waals surface area contributed by atoms with Crippen molar-refractivity contribution in [1.82, 2.24) is 9.99 Å². The van der Waals surface area contributed by atoms with Crippen LogP contribution in [-0.4, -0.2) is 27.9 Å². The summed E-state index contributed by atoms with van der Waals surface area (Å²) in [5.74, 6) is 1.82. The van der Waals surface area contributed by atoms with Crippen LogP contribution in [0.15, 0.2) is 24.5 Å². The number of hydrazine groups is 1. The first-order valence-electron chi connectivity index (χ1n) is 3.99. The van der Waals surface area contributed by atoms with E-state index in [1.807, 2.05) is 0 Å². The molecule has 16 heavy (non-hydrogen) atoms. The van der Waals surface area contributed by atoms with Crippen LogP contribution in [-0.2, 0) is 4.79 Å². The number of carbonyl (C=O) groups excluding carboxylic acids is 1. The number of aromatic nitrogens is 1. The molecule has 1 aromatic heterocycles. The normalized spacial score (nSPS) is 11.0. The molecule has 0 fully saturated rings. The number of hydrogen-bond donors (Lipinski definition) is 2. The Bertz CT molecular complexity index is 403. The first-order chi connectivity index (χ1) is 7.34. The van der Waals surface area contributed by atoms with Crippen LogP contribution in [0.2, 0.25) is 0 Å². The standard InChI is InChI=1S/C8H7F3N4O/c9-8(10,11)7(16)15(13)6(12)5-2-1-3-14-4-5/h1-4,12H,13H2. The molecule has 0 aliphatic carbocycles. The Labute approximate surface area is 88.2 Å². The number of nitrogens with one attached hydrogen (secondary N) is 1. The van der Waals surface area contributed by atoms with Crippen molar-refractivity contribution in [2.75, 3.05) is 0 Å². The minimum absolute atomic E-state index is 0.0163. The summed E-state index contributed by atoms with van der Waals surface area (Å²) in [7, 11) is 0. The number of amidine groups is 1. The van der Waals surface area contributed by atoms with E-state index in [1.54, 1.807) is 0 Å². The third kappa shape index (κ3) is 2.54. The van der Waals surface area contributed by atoms with E-state index >= 15 is 0 Å². The number of hydrogen-bond acceptors (Lipinski definition) is 4. The van der Waals surface area contributed by atoms with Gasteiger partial charge in [0.05, 0.1) is 0 Å². The van der Waals surface area contributed by atoms with Crippen LogP contribution in [0.4, 0.5) is 13.2 Å². The molecule has 0 bridgehead atoms. The molecule has 86 valence electrons. The monoisotopic (exact) mass is 232 g/mol. The molecule has 0 unspecified atom stereocenters. The fraction of sp³-hybridized carbons (Fsp3) is 0.125. The van der Waals surface area contributed by atoms with Gasteiger partial charge in [0.15, 0.2) is 5.84 Å². The molecule has 0 aliphatic rings. The quantitative estimate of drug-likeness (QED) is 0.245. The van der Waals surface area contributed by atoms with Gasteiger partial charge < -0.3 is 0 Å². The Balaban J connectivity index is 2.88. The Morgan fingerprint density at radius 2 is 2.12 bits per heavy atom. The molecule has 5 nitrogen and oxygen atoms in total. The lowest BCUT2D eigenvalue weighted by atomic mass is 10.2. The third-order valence-electron chi connectivity index (χ3n) is 1.64. The van der Waals surface area contributed by atoms with E-state index in [-0.39, 0.29) is 10.6 Å². The third-order valence-corrected chi connectivity index (χ3v) is 1.64. The Morgan fingerprint density at radius 1 is 1.50 bits per heavy atom. The van der Waals surface area contributed by atoms with Crippen molar-refractivity contribution in [3.8, 4) is 0 Å². The van der Waals surface area contributed by atoms with E-state index in [1.165, 1.54) is 18.3 Å². The minimum Gasteiger partial charge on any atom is -0.283 e. The number of amides is 1. The molecular weight excluding hydrogens is 225 g/mol. The van der Waals surface area contributed by atoms with Gasteiger partial charge in [-0.25, -0.2) is 10.9 Å². The Kier molecular flexibility index (Phi) is 3.23. The molecule has 3 N–H and O–H groups in total. The van der Waals surface area contributed by atoms with Crippen LogP contribution >= 0.6 is 0 Å². The van der Waals surface area contributed by atoms with E-state index in [0.717, 1.165) is 6.20 Å². The van der Waals surface area contributed by atoms with Crippen LogP contribution in [0, 0.1) is 5.41 Å². The molecule has 0 aliphatic heterocycles. The smallest absolute Gasteiger partial charge is 0.283 e. The van der Waals surface area contributed by atoms with E-state index in [4.69, 9.17) is 11.3 Å². The molecule has 8 heteroatoms.